The number of amides is 2. The number of aliphatic carboxylic acids is 1. The Hall–Kier alpha value is -1.52. The largest absolute Gasteiger partial charge is 0.481 e. The van der Waals surface area contributed by atoms with Crippen molar-refractivity contribution in [2.24, 2.45) is 5.41 Å². The average molecular weight is 294 g/mol. The fourth-order valence-corrected chi connectivity index (χ4v) is 3.23. The van der Waals surface area contributed by atoms with E-state index in [1.807, 2.05) is 6.92 Å². The molecule has 0 aromatic heterocycles. The third kappa shape index (κ3) is 3.77. The Morgan fingerprint density at radius 2 is 2.24 bits per heavy atom. The number of nitrogens with one attached hydrogen (secondary N) is 1. The molecule has 1 heterocycles. The molecule has 1 atom stereocenters. The van der Waals surface area contributed by atoms with Gasteiger partial charge in [-0.15, -0.1) is 0 Å². The van der Waals surface area contributed by atoms with Crippen molar-refractivity contribution in [1.82, 2.24) is 10.2 Å². The molecule has 0 radical (unpaired) electrons. The van der Waals surface area contributed by atoms with Crippen molar-refractivity contribution in [1.29, 1.82) is 0 Å². The van der Waals surface area contributed by atoms with E-state index in [1.165, 1.54) is 18.4 Å². The number of carbonyl (C=O) groups excluding carboxylic acids is 1. The molecule has 5 heteroatoms. The normalized spacial score (nSPS) is 25.6. The predicted molar refractivity (Wildman–Crippen MR) is 81.1 cm³/mol. The molecule has 0 saturated carbocycles. The highest BCUT2D eigenvalue weighted by atomic mass is 16.4. The van der Waals surface area contributed by atoms with Crippen molar-refractivity contribution in [2.45, 2.75) is 51.9 Å². The summed E-state index contributed by atoms with van der Waals surface area (Å²) in [5.74, 6) is -0.785. The van der Waals surface area contributed by atoms with Gasteiger partial charge in [-0.3, -0.25) is 4.79 Å². The summed E-state index contributed by atoms with van der Waals surface area (Å²) in [6, 6.07) is -0.122. The molecular weight excluding hydrogens is 268 g/mol. The van der Waals surface area contributed by atoms with Crippen molar-refractivity contribution in [2.75, 3.05) is 19.6 Å². The van der Waals surface area contributed by atoms with Gasteiger partial charge in [0, 0.05) is 19.6 Å². The maximum atomic E-state index is 12.1. The molecule has 0 aromatic carbocycles. The maximum absolute atomic E-state index is 12.1. The second-order valence-electron chi connectivity index (χ2n) is 6.20. The van der Waals surface area contributed by atoms with E-state index in [9.17, 15) is 14.7 Å². The Morgan fingerprint density at radius 3 is 2.81 bits per heavy atom. The molecule has 1 fully saturated rings. The Morgan fingerprint density at radius 1 is 1.43 bits per heavy atom. The van der Waals surface area contributed by atoms with Crippen LogP contribution in [0.3, 0.4) is 0 Å². The summed E-state index contributed by atoms with van der Waals surface area (Å²) in [6.45, 7) is 3.39. The molecule has 118 valence electrons. The Balaban J connectivity index is 1.77. The van der Waals surface area contributed by atoms with E-state index >= 15 is 0 Å². The Bertz CT molecular complexity index is 433. The quantitative estimate of drug-likeness (QED) is 0.766. The molecule has 1 aliphatic carbocycles. The zero-order chi connectivity index (χ0) is 15.3. The lowest BCUT2D eigenvalue weighted by molar-refractivity contribution is -0.148. The smallest absolute Gasteiger partial charge is 0.317 e. The number of allylic oxidation sites excluding steroid dienone is 1. The lowest BCUT2D eigenvalue weighted by atomic mass is 9.84. The van der Waals surface area contributed by atoms with Crippen molar-refractivity contribution in [3.63, 3.8) is 0 Å². The lowest BCUT2D eigenvalue weighted by Crippen LogP contribution is -2.42. The van der Waals surface area contributed by atoms with Gasteiger partial charge in [0.1, 0.15) is 0 Å². The first-order valence-corrected chi connectivity index (χ1v) is 8.01. The minimum Gasteiger partial charge on any atom is -0.481 e. The maximum Gasteiger partial charge on any atom is 0.317 e. The number of nitrogens with zero attached hydrogens (tertiary/aromatic N) is 1. The van der Waals surface area contributed by atoms with Crippen molar-refractivity contribution in [3.8, 4) is 0 Å². The zero-order valence-electron chi connectivity index (χ0n) is 12.9. The molecule has 2 aliphatic rings. The van der Waals surface area contributed by atoms with Gasteiger partial charge in [0.05, 0.1) is 5.41 Å². The van der Waals surface area contributed by atoms with Crippen LogP contribution in [-0.4, -0.2) is 41.6 Å². The number of carboxylic acids is 1. The lowest BCUT2D eigenvalue weighted by Gasteiger charge is -2.23. The van der Waals surface area contributed by atoms with Gasteiger partial charge < -0.3 is 15.3 Å². The number of hydrogen-bond donors (Lipinski definition) is 2. The number of urea groups is 1. The van der Waals surface area contributed by atoms with E-state index in [1.54, 1.807) is 4.90 Å². The molecule has 1 aliphatic heterocycles. The minimum atomic E-state index is -0.785. The number of likely N-dealkylation sites (tertiary alicyclic amines) is 1. The summed E-state index contributed by atoms with van der Waals surface area (Å²) in [7, 11) is 0. The summed E-state index contributed by atoms with van der Waals surface area (Å²) in [4.78, 5) is 25.1. The second-order valence-corrected chi connectivity index (χ2v) is 6.20. The highest BCUT2D eigenvalue weighted by Gasteiger charge is 2.44. The summed E-state index contributed by atoms with van der Waals surface area (Å²) in [6.07, 6.45) is 9.16. The van der Waals surface area contributed by atoms with Crippen molar-refractivity contribution < 1.29 is 14.7 Å². The number of carbonyl (C=O) groups is 2. The van der Waals surface area contributed by atoms with Crippen LogP contribution in [0, 0.1) is 5.41 Å². The van der Waals surface area contributed by atoms with E-state index in [0.29, 0.717) is 32.5 Å². The highest BCUT2D eigenvalue weighted by Crippen LogP contribution is 2.34. The second kappa shape index (κ2) is 6.96. The molecule has 2 rings (SSSR count). The van der Waals surface area contributed by atoms with Crippen LogP contribution < -0.4 is 5.32 Å². The summed E-state index contributed by atoms with van der Waals surface area (Å²) >= 11 is 0. The Kier molecular flexibility index (Phi) is 5.26. The molecule has 0 spiro atoms. The molecule has 2 N–H and O–H groups in total. The fourth-order valence-electron chi connectivity index (χ4n) is 3.23. The number of hydrogen-bond acceptors (Lipinski definition) is 2. The van der Waals surface area contributed by atoms with Crippen LogP contribution in [0.1, 0.15) is 51.9 Å². The molecule has 1 saturated heterocycles. The fraction of sp³-hybridized carbons (Fsp3) is 0.750. The number of rotatable bonds is 5. The third-order valence-corrected chi connectivity index (χ3v) is 4.88. The van der Waals surface area contributed by atoms with Gasteiger partial charge in [-0.2, -0.15) is 0 Å². The van der Waals surface area contributed by atoms with Gasteiger partial charge in [0.15, 0.2) is 0 Å². The van der Waals surface area contributed by atoms with E-state index in [0.717, 1.165) is 19.3 Å². The topological polar surface area (TPSA) is 69.6 Å². The van der Waals surface area contributed by atoms with E-state index in [-0.39, 0.29) is 6.03 Å². The van der Waals surface area contributed by atoms with E-state index in [2.05, 4.69) is 11.4 Å². The van der Waals surface area contributed by atoms with Crippen LogP contribution in [0.25, 0.3) is 0 Å². The summed E-state index contributed by atoms with van der Waals surface area (Å²) in [5, 5.41) is 12.3. The zero-order valence-corrected chi connectivity index (χ0v) is 12.9. The van der Waals surface area contributed by atoms with E-state index < -0.39 is 11.4 Å². The van der Waals surface area contributed by atoms with Gasteiger partial charge >= 0.3 is 12.0 Å². The standard InChI is InChI=1S/C16H26N2O3/c1-2-16(14(19)20)9-11-18(12-16)15(21)17-10-8-13-6-4-3-5-7-13/h6H,2-5,7-12H2,1H3,(H,17,21)(H,19,20). The third-order valence-electron chi connectivity index (χ3n) is 4.88. The minimum absolute atomic E-state index is 0.122. The van der Waals surface area contributed by atoms with Gasteiger partial charge in [-0.1, -0.05) is 18.6 Å². The molecule has 0 aromatic rings. The van der Waals surface area contributed by atoms with E-state index in [4.69, 9.17) is 0 Å². The Labute approximate surface area is 126 Å². The van der Waals surface area contributed by atoms with Crippen LogP contribution in [0.2, 0.25) is 0 Å². The van der Waals surface area contributed by atoms with Gasteiger partial charge in [0.2, 0.25) is 0 Å². The summed E-state index contributed by atoms with van der Waals surface area (Å²) < 4.78 is 0. The van der Waals surface area contributed by atoms with Crippen LogP contribution in [-0.2, 0) is 4.79 Å². The van der Waals surface area contributed by atoms with Crippen LogP contribution in [0.15, 0.2) is 11.6 Å². The van der Waals surface area contributed by atoms with Crippen LogP contribution >= 0.6 is 0 Å². The average Bonchev–Trinajstić information content (AvgIpc) is 2.94. The SMILES string of the molecule is CCC1(C(=O)O)CCN(C(=O)NCCC2=CCCCC2)C1. The first-order valence-electron chi connectivity index (χ1n) is 8.01. The van der Waals surface area contributed by atoms with Crippen molar-refractivity contribution in [3.05, 3.63) is 11.6 Å². The van der Waals surface area contributed by atoms with Crippen molar-refractivity contribution >= 4 is 12.0 Å². The molecule has 5 nitrogen and oxygen atoms in total. The molecule has 21 heavy (non-hydrogen) atoms. The molecule has 0 bridgehead atoms. The van der Waals surface area contributed by atoms with Gasteiger partial charge in [0.25, 0.3) is 0 Å². The molecule has 1 unspecified atom stereocenters. The van der Waals surface area contributed by atoms with Crippen LogP contribution in [0.5, 0.6) is 0 Å². The van der Waals surface area contributed by atoms with Gasteiger partial charge in [-0.25, -0.2) is 4.79 Å². The number of carboxylic acid groups (broad SMARTS) is 1. The van der Waals surface area contributed by atoms with Crippen LogP contribution in [0.4, 0.5) is 4.79 Å². The van der Waals surface area contributed by atoms with Gasteiger partial charge in [-0.05, 0) is 44.9 Å². The highest BCUT2D eigenvalue weighted by molar-refractivity contribution is 5.79. The predicted octanol–water partition coefficient (Wildman–Crippen LogP) is 2.77. The first kappa shape index (κ1) is 15.9. The summed E-state index contributed by atoms with van der Waals surface area (Å²) in [5.41, 5.74) is 0.694. The first-order chi connectivity index (χ1) is 10.1. The molecule has 2 amide bonds. The molecular formula is C16H26N2O3. The monoisotopic (exact) mass is 294 g/mol.